The lowest BCUT2D eigenvalue weighted by Gasteiger charge is -2.39. The van der Waals surface area contributed by atoms with E-state index in [0.29, 0.717) is 12.0 Å². The van der Waals surface area contributed by atoms with Gasteiger partial charge in [-0.1, -0.05) is 6.42 Å². The van der Waals surface area contributed by atoms with Gasteiger partial charge in [0.2, 0.25) is 0 Å². The highest BCUT2D eigenvalue weighted by molar-refractivity contribution is 4.98. The second-order valence-corrected chi connectivity index (χ2v) is 6.01. The summed E-state index contributed by atoms with van der Waals surface area (Å²) in [5, 5.41) is 9.16. The second kappa shape index (κ2) is 4.96. The van der Waals surface area contributed by atoms with E-state index in [-0.39, 0.29) is 0 Å². The lowest BCUT2D eigenvalue weighted by atomic mass is 10.0. The maximum atomic E-state index is 9.16. The molecule has 3 nitrogen and oxygen atoms in total. The van der Waals surface area contributed by atoms with Crippen LogP contribution in [0.5, 0.6) is 0 Å². The minimum absolute atomic E-state index is 0.310. The maximum absolute atomic E-state index is 9.16. The van der Waals surface area contributed by atoms with Gasteiger partial charge in [-0.3, -0.25) is 4.90 Å². The fourth-order valence-corrected chi connectivity index (χ4v) is 3.47. The van der Waals surface area contributed by atoms with Crippen molar-refractivity contribution in [2.75, 3.05) is 32.7 Å². The molecule has 0 amide bonds. The van der Waals surface area contributed by atoms with Crippen LogP contribution in [0.4, 0.5) is 0 Å². The van der Waals surface area contributed by atoms with E-state index in [9.17, 15) is 0 Å². The predicted octanol–water partition coefficient (Wildman–Crippen LogP) is 1.71. The molecular weight excluding hydrogens is 210 g/mol. The molecule has 0 aromatic heterocycles. The van der Waals surface area contributed by atoms with Crippen molar-refractivity contribution in [1.29, 1.82) is 5.26 Å². The molecule has 0 aromatic carbocycles. The molecule has 0 spiro atoms. The molecule has 1 saturated heterocycles. The first-order valence-electron chi connectivity index (χ1n) is 7.23. The lowest BCUT2D eigenvalue weighted by Crippen LogP contribution is -2.51. The molecule has 3 rings (SSSR count). The minimum Gasteiger partial charge on any atom is -0.301 e. The average molecular weight is 233 g/mol. The Hall–Kier alpha value is -0.590. The lowest BCUT2D eigenvalue weighted by molar-refractivity contribution is 0.0856. The Bertz CT molecular complexity index is 297. The average Bonchev–Trinajstić information content (AvgIpc) is 3.05. The molecule has 2 aliphatic carbocycles. The SMILES string of the molecule is N#CC1CCCC1N1CCN(CC2CC2)CC1. The second-order valence-electron chi connectivity index (χ2n) is 6.01. The van der Waals surface area contributed by atoms with Crippen LogP contribution in [0.25, 0.3) is 0 Å². The Kier molecular flexibility index (Phi) is 3.35. The quantitative estimate of drug-likeness (QED) is 0.743. The summed E-state index contributed by atoms with van der Waals surface area (Å²) in [7, 11) is 0. The van der Waals surface area contributed by atoms with Gasteiger partial charge in [-0.2, -0.15) is 5.26 Å². The van der Waals surface area contributed by atoms with Gasteiger partial charge in [0.1, 0.15) is 0 Å². The third-order valence-electron chi connectivity index (χ3n) is 4.73. The summed E-state index contributed by atoms with van der Waals surface area (Å²) >= 11 is 0. The van der Waals surface area contributed by atoms with Crippen LogP contribution < -0.4 is 0 Å². The molecular formula is C14H23N3. The predicted molar refractivity (Wildman–Crippen MR) is 67.5 cm³/mol. The molecule has 2 unspecified atom stereocenters. The zero-order valence-corrected chi connectivity index (χ0v) is 10.6. The Morgan fingerprint density at radius 1 is 1.00 bits per heavy atom. The Morgan fingerprint density at radius 2 is 1.76 bits per heavy atom. The smallest absolute Gasteiger partial charge is 0.0672 e. The molecule has 3 aliphatic rings. The maximum Gasteiger partial charge on any atom is 0.0672 e. The third-order valence-corrected chi connectivity index (χ3v) is 4.73. The minimum atomic E-state index is 0.310. The van der Waals surface area contributed by atoms with Crippen LogP contribution in [0.15, 0.2) is 0 Å². The largest absolute Gasteiger partial charge is 0.301 e. The summed E-state index contributed by atoms with van der Waals surface area (Å²) in [6, 6.07) is 3.08. The number of piperazine rings is 1. The summed E-state index contributed by atoms with van der Waals surface area (Å²) in [5.74, 6) is 1.32. The number of hydrogen-bond donors (Lipinski definition) is 0. The highest BCUT2D eigenvalue weighted by Crippen LogP contribution is 2.32. The van der Waals surface area contributed by atoms with E-state index in [4.69, 9.17) is 5.26 Å². The number of rotatable bonds is 3. The number of nitrogens with zero attached hydrogens (tertiary/aromatic N) is 3. The molecule has 17 heavy (non-hydrogen) atoms. The molecule has 0 aromatic rings. The number of nitriles is 1. The van der Waals surface area contributed by atoms with E-state index in [2.05, 4.69) is 15.9 Å². The van der Waals surface area contributed by atoms with E-state index in [1.165, 1.54) is 58.4 Å². The van der Waals surface area contributed by atoms with Crippen LogP contribution in [0.2, 0.25) is 0 Å². The van der Waals surface area contributed by atoms with Crippen molar-refractivity contribution >= 4 is 0 Å². The van der Waals surface area contributed by atoms with Crippen LogP contribution in [-0.2, 0) is 0 Å². The fourth-order valence-electron chi connectivity index (χ4n) is 3.47. The summed E-state index contributed by atoms with van der Waals surface area (Å²) in [6.45, 7) is 6.17. The van der Waals surface area contributed by atoms with Gasteiger partial charge >= 0.3 is 0 Å². The zero-order chi connectivity index (χ0) is 11.7. The molecule has 0 bridgehead atoms. The van der Waals surface area contributed by atoms with Crippen molar-refractivity contribution in [2.24, 2.45) is 11.8 Å². The van der Waals surface area contributed by atoms with E-state index in [1.807, 2.05) is 0 Å². The van der Waals surface area contributed by atoms with E-state index in [1.54, 1.807) is 0 Å². The summed E-state index contributed by atoms with van der Waals surface area (Å²) in [5.41, 5.74) is 0. The zero-order valence-electron chi connectivity index (χ0n) is 10.6. The standard InChI is InChI=1S/C14H23N3/c15-10-13-2-1-3-14(13)17-8-6-16(7-9-17)11-12-4-5-12/h12-14H,1-9,11H2. The summed E-state index contributed by atoms with van der Waals surface area (Å²) < 4.78 is 0. The van der Waals surface area contributed by atoms with Crippen molar-refractivity contribution in [3.8, 4) is 6.07 Å². The molecule has 94 valence electrons. The molecule has 0 N–H and O–H groups in total. The molecule has 3 fully saturated rings. The van der Waals surface area contributed by atoms with Crippen molar-refractivity contribution in [3.63, 3.8) is 0 Å². The van der Waals surface area contributed by atoms with Crippen LogP contribution in [0.1, 0.15) is 32.1 Å². The van der Waals surface area contributed by atoms with Gasteiger partial charge in [0.25, 0.3) is 0 Å². The Labute approximate surface area is 104 Å². The van der Waals surface area contributed by atoms with Crippen molar-refractivity contribution in [2.45, 2.75) is 38.1 Å². The van der Waals surface area contributed by atoms with Crippen molar-refractivity contribution in [3.05, 3.63) is 0 Å². The first kappa shape index (κ1) is 11.5. The molecule has 1 heterocycles. The first-order chi connectivity index (χ1) is 8.36. The van der Waals surface area contributed by atoms with Crippen molar-refractivity contribution < 1.29 is 0 Å². The molecule has 3 heteroatoms. The molecule has 1 aliphatic heterocycles. The van der Waals surface area contributed by atoms with Gasteiger partial charge in [0.05, 0.1) is 12.0 Å². The van der Waals surface area contributed by atoms with E-state index in [0.717, 1.165) is 12.3 Å². The molecule has 2 atom stereocenters. The highest BCUT2D eigenvalue weighted by Gasteiger charge is 2.34. The molecule has 0 radical (unpaired) electrons. The van der Waals surface area contributed by atoms with E-state index >= 15 is 0 Å². The normalized spacial score (nSPS) is 35.9. The van der Waals surface area contributed by atoms with Crippen molar-refractivity contribution in [1.82, 2.24) is 9.80 Å². The van der Waals surface area contributed by atoms with Gasteiger partial charge in [-0.15, -0.1) is 0 Å². The van der Waals surface area contributed by atoms with E-state index < -0.39 is 0 Å². The van der Waals surface area contributed by atoms with Gasteiger partial charge in [0, 0.05) is 38.8 Å². The van der Waals surface area contributed by atoms with Crippen LogP contribution in [-0.4, -0.2) is 48.6 Å². The van der Waals surface area contributed by atoms with Crippen LogP contribution in [0.3, 0.4) is 0 Å². The van der Waals surface area contributed by atoms with Gasteiger partial charge in [0.15, 0.2) is 0 Å². The van der Waals surface area contributed by atoms with Gasteiger partial charge < -0.3 is 4.90 Å². The first-order valence-corrected chi connectivity index (χ1v) is 7.23. The summed E-state index contributed by atoms with van der Waals surface area (Å²) in [4.78, 5) is 5.22. The summed E-state index contributed by atoms with van der Waals surface area (Å²) in [6.07, 6.45) is 6.55. The Morgan fingerprint density at radius 3 is 2.41 bits per heavy atom. The van der Waals surface area contributed by atoms with Gasteiger partial charge in [-0.25, -0.2) is 0 Å². The fraction of sp³-hybridized carbons (Fsp3) is 0.929. The highest BCUT2D eigenvalue weighted by atomic mass is 15.3. The Balaban J connectivity index is 1.48. The number of hydrogen-bond acceptors (Lipinski definition) is 3. The van der Waals surface area contributed by atoms with Crippen LogP contribution >= 0.6 is 0 Å². The third kappa shape index (κ3) is 2.64. The van der Waals surface area contributed by atoms with Crippen LogP contribution in [0, 0.1) is 23.2 Å². The van der Waals surface area contributed by atoms with Gasteiger partial charge in [-0.05, 0) is 31.6 Å². The monoisotopic (exact) mass is 233 g/mol. The molecule has 2 saturated carbocycles. The topological polar surface area (TPSA) is 30.3 Å².